The van der Waals surface area contributed by atoms with Gasteiger partial charge in [-0.1, -0.05) is 15.9 Å². The van der Waals surface area contributed by atoms with Crippen LogP contribution in [0, 0.1) is 20.8 Å². The molecule has 1 N–H and O–H groups in total. The molecule has 7 nitrogen and oxygen atoms in total. The zero-order chi connectivity index (χ0) is 22.3. The summed E-state index contributed by atoms with van der Waals surface area (Å²) in [6.07, 6.45) is 2.99. The van der Waals surface area contributed by atoms with Crippen molar-refractivity contribution in [3.8, 4) is 5.69 Å². The smallest absolute Gasteiger partial charge is 0.331 e. The lowest BCUT2D eigenvalue weighted by Gasteiger charge is -2.25. The highest BCUT2D eigenvalue weighted by Crippen LogP contribution is 2.27. The second-order valence-electron chi connectivity index (χ2n) is 7.38. The molecule has 0 bridgehead atoms. The quantitative estimate of drug-likeness (QED) is 0.441. The second-order valence-corrected chi connectivity index (χ2v) is 8.24. The molecule has 1 aliphatic rings. The van der Waals surface area contributed by atoms with E-state index < -0.39 is 17.8 Å². The summed E-state index contributed by atoms with van der Waals surface area (Å²) in [5, 5.41) is 2.23. The van der Waals surface area contributed by atoms with Crippen molar-refractivity contribution in [2.24, 2.45) is 0 Å². The van der Waals surface area contributed by atoms with Gasteiger partial charge < -0.3 is 8.98 Å². The van der Waals surface area contributed by atoms with Gasteiger partial charge in [-0.15, -0.1) is 0 Å². The number of amides is 4. The second kappa shape index (κ2) is 8.03. The molecule has 0 unspecified atom stereocenters. The summed E-state index contributed by atoms with van der Waals surface area (Å²) < 4.78 is 8.31. The molecule has 31 heavy (non-hydrogen) atoms. The summed E-state index contributed by atoms with van der Waals surface area (Å²) in [6.45, 7) is 5.84. The van der Waals surface area contributed by atoms with E-state index in [-0.39, 0.29) is 12.1 Å². The van der Waals surface area contributed by atoms with Crippen molar-refractivity contribution in [2.45, 2.75) is 27.3 Å². The monoisotopic (exact) mass is 481 g/mol. The van der Waals surface area contributed by atoms with E-state index in [4.69, 9.17) is 4.42 Å². The Balaban J connectivity index is 1.71. The van der Waals surface area contributed by atoms with E-state index in [2.05, 4.69) is 31.9 Å². The Morgan fingerprint density at radius 3 is 2.55 bits per heavy atom. The minimum Gasteiger partial charge on any atom is -0.467 e. The number of carbonyl (C=O) groups excluding carboxylic acids is 3. The average molecular weight is 482 g/mol. The number of hydrogen-bond acceptors (Lipinski definition) is 4. The van der Waals surface area contributed by atoms with Crippen LogP contribution in [0.1, 0.15) is 28.3 Å². The van der Waals surface area contributed by atoms with E-state index in [1.54, 1.807) is 12.1 Å². The lowest BCUT2D eigenvalue weighted by atomic mass is 10.1. The van der Waals surface area contributed by atoms with Crippen LogP contribution in [0.3, 0.4) is 0 Å². The third kappa shape index (κ3) is 3.86. The summed E-state index contributed by atoms with van der Waals surface area (Å²) in [4.78, 5) is 38.6. The van der Waals surface area contributed by atoms with Crippen molar-refractivity contribution in [2.75, 3.05) is 0 Å². The predicted molar refractivity (Wildman–Crippen MR) is 118 cm³/mol. The summed E-state index contributed by atoms with van der Waals surface area (Å²) >= 11 is 3.52. The van der Waals surface area contributed by atoms with E-state index >= 15 is 0 Å². The van der Waals surface area contributed by atoms with Gasteiger partial charge in [0, 0.05) is 21.5 Å². The van der Waals surface area contributed by atoms with Gasteiger partial charge in [-0.2, -0.15) is 0 Å². The number of benzene rings is 1. The molecule has 4 rings (SSSR count). The van der Waals surface area contributed by atoms with Crippen LogP contribution in [-0.4, -0.2) is 27.3 Å². The lowest BCUT2D eigenvalue weighted by Crippen LogP contribution is -2.53. The first kappa shape index (κ1) is 20.9. The largest absolute Gasteiger partial charge is 0.467 e. The number of aryl methyl sites for hydroxylation is 2. The fourth-order valence-electron chi connectivity index (χ4n) is 3.65. The number of rotatable bonds is 4. The molecule has 1 aromatic carbocycles. The number of barbiturate groups is 1. The van der Waals surface area contributed by atoms with Gasteiger partial charge in [0.15, 0.2) is 0 Å². The fourth-order valence-corrected chi connectivity index (χ4v) is 3.90. The molecule has 158 valence electrons. The van der Waals surface area contributed by atoms with E-state index in [9.17, 15) is 14.4 Å². The highest BCUT2D eigenvalue weighted by atomic mass is 79.9. The van der Waals surface area contributed by atoms with Crippen molar-refractivity contribution in [1.29, 1.82) is 0 Å². The molecule has 1 fully saturated rings. The van der Waals surface area contributed by atoms with Crippen molar-refractivity contribution in [1.82, 2.24) is 14.8 Å². The van der Waals surface area contributed by atoms with E-state index in [0.29, 0.717) is 5.76 Å². The Kier molecular flexibility index (Phi) is 5.41. The van der Waals surface area contributed by atoms with Crippen molar-refractivity contribution < 1.29 is 18.8 Å². The van der Waals surface area contributed by atoms with Gasteiger partial charge in [0.25, 0.3) is 11.8 Å². The maximum Gasteiger partial charge on any atom is 0.331 e. The molecule has 8 heteroatoms. The van der Waals surface area contributed by atoms with Crippen LogP contribution < -0.4 is 5.32 Å². The molecule has 0 atom stereocenters. The average Bonchev–Trinajstić information content (AvgIpc) is 3.32. The number of nitrogens with one attached hydrogen (secondary N) is 1. The minimum absolute atomic E-state index is 0.0561. The maximum atomic E-state index is 13.0. The van der Waals surface area contributed by atoms with Gasteiger partial charge >= 0.3 is 6.03 Å². The van der Waals surface area contributed by atoms with Crippen molar-refractivity contribution in [3.05, 3.63) is 81.0 Å². The van der Waals surface area contributed by atoms with Crippen LogP contribution in [0.4, 0.5) is 4.79 Å². The number of furan rings is 1. The highest BCUT2D eigenvalue weighted by Gasteiger charge is 2.36. The van der Waals surface area contributed by atoms with Gasteiger partial charge in [0.2, 0.25) is 0 Å². The topological polar surface area (TPSA) is 84.6 Å². The van der Waals surface area contributed by atoms with Gasteiger partial charge in [-0.05, 0) is 74.4 Å². The van der Waals surface area contributed by atoms with Crippen LogP contribution in [0.15, 0.2) is 57.1 Å². The number of nitrogens with zero attached hydrogens (tertiary/aromatic N) is 2. The fraction of sp³-hybridized carbons (Fsp3) is 0.174. The molecule has 2 aromatic heterocycles. The third-order valence-electron chi connectivity index (χ3n) is 5.25. The Bertz CT molecular complexity index is 1240. The molecule has 0 radical (unpaired) electrons. The minimum atomic E-state index is -0.764. The van der Waals surface area contributed by atoms with Gasteiger partial charge in [0.1, 0.15) is 11.3 Å². The van der Waals surface area contributed by atoms with Crippen LogP contribution in [-0.2, 0) is 16.1 Å². The van der Waals surface area contributed by atoms with Crippen LogP contribution in [0.2, 0.25) is 0 Å². The number of halogens is 1. The van der Waals surface area contributed by atoms with E-state index in [1.807, 2.05) is 39.0 Å². The van der Waals surface area contributed by atoms with E-state index in [1.165, 1.54) is 12.3 Å². The summed E-state index contributed by atoms with van der Waals surface area (Å²) in [6, 6.07) is 10.5. The summed E-state index contributed by atoms with van der Waals surface area (Å²) in [5.74, 6) is -0.926. The standard InChI is InChI=1S/C23H20BrN3O4/c1-13-9-17(6-7-20(13)24)27-14(2)10-16(15(27)3)11-19-21(28)25-23(30)26(22(19)29)12-18-5-4-8-31-18/h4-11H,12H2,1-3H3,(H,25,28,30)/b19-11+. The molecule has 0 saturated carbocycles. The predicted octanol–water partition coefficient (Wildman–Crippen LogP) is 4.42. The Hall–Kier alpha value is -3.39. The zero-order valence-electron chi connectivity index (χ0n) is 17.2. The van der Waals surface area contributed by atoms with Crippen molar-refractivity contribution >= 4 is 39.9 Å². The highest BCUT2D eigenvalue weighted by molar-refractivity contribution is 9.10. The first-order chi connectivity index (χ1) is 14.8. The maximum absolute atomic E-state index is 13.0. The first-order valence-corrected chi connectivity index (χ1v) is 10.4. The Morgan fingerprint density at radius 1 is 1.10 bits per heavy atom. The number of urea groups is 1. The number of hydrogen-bond donors (Lipinski definition) is 1. The third-order valence-corrected chi connectivity index (χ3v) is 6.14. The Morgan fingerprint density at radius 2 is 1.87 bits per heavy atom. The molecular weight excluding hydrogens is 462 g/mol. The van der Waals surface area contributed by atoms with Crippen LogP contribution in [0.25, 0.3) is 11.8 Å². The van der Waals surface area contributed by atoms with Crippen molar-refractivity contribution in [3.63, 3.8) is 0 Å². The molecule has 3 aromatic rings. The number of aromatic nitrogens is 1. The molecule has 0 spiro atoms. The van der Waals surface area contributed by atoms with Gasteiger partial charge in [-0.3, -0.25) is 19.8 Å². The lowest BCUT2D eigenvalue weighted by molar-refractivity contribution is -0.130. The molecule has 1 saturated heterocycles. The summed E-state index contributed by atoms with van der Waals surface area (Å²) in [5.41, 5.74) is 4.54. The number of imide groups is 2. The normalized spacial score (nSPS) is 15.7. The molecule has 1 aliphatic heterocycles. The molecular formula is C23H20BrN3O4. The summed E-state index contributed by atoms with van der Waals surface area (Å²) in [7, 11) is 0. The van der Waals surface area contributed by atoms with E-state index in [0.717, 1.165) is 37.6 Å². The Labute approximate surface area is 187 Å². The van der Waals surface area contributed by atoms with Gasteiger partial charge in [-0.25, -0.2) is 4.79 Å². The van der Waals surface area contributed by atoms with Crippen LogP contribution in [0.5, 0.6) is 0 Å². The molecule has 0 aliphatic carbocycles. The number of carbonyl (C=O) groups is 3. The molecule has 3 heterocycles. The first-order valence-electron chi connectivity index (χ1n) is 9.63. The van der Waals surface area contributed by atoms with Gasteiger partial charge in [0.05, 0.1) is 12.8 Å². The SMILES string of the molecule is Cc1cc(-n2c(C)cc(/C=C3\C(=O)NC(=O)N(Cc4ccco4)C3=O)c2C)ccc1Br. The van der Waals surface area contributed by atoms with Crippen LogP contribution >= 0.6 is 15.9 Å². The zero-order valence-corrected chi connectivity index (χ0v) is 18.8. The molecule has 4 amide bonds.